The van der Waals surface area contributed by atoms with Crippen LogP contribution in [0.1, 0.15) is 27.2 Å². The minimum atomic E-state index is -0.102. The number of nitrogens with one attached hydrogen (secondary N) is 2. The molecule has 0 aliphatic heterocycles. The van der Waals surface area contributed by atoms with Crippen molar-refractivity contribution in [2.75, 3.05) is 27.2 Å². The molecule has 0 rings (SSSR count). The lowest BCUT2D eigenvalue weighted by Crippen LogP contribution is -2.45. The molecule has 0 saturated carbocycles. The molecule has 0 spiro atoms. The van der Waals surface area contributed by atoms with E-state index in [9.17, 15) is 4.79 Å². The summed E-state index contributed by atoms with van der Waals surface area (Å²) in [6.45, 7) is 7.76. The highest BCUT2D eigenvalue weighted by Crippen LogP contribution is 1.87. The van der Waals surface area contributed by atoms with Gasteiger partial charge in [0.05, 0.1) is 6.04 Å². The van der Waals surface area contributed by atoms with Gasteiger partial charge in [0, 0.05) is 6.04 Å². The molecule has 0 saturated heterocycles. The molecule has 4 heteroatoms. The van der Waals surface area contributed by atoms with Crippen molar-refractivity contribution in [2.45, 2.75) is 39.3 Å². The molecular weight excluding hydrogens is 190 g/mol. The van der Waals surface area contributed by atoms with Gasteiger partial charge in [-0.2, -0.15) is 0 Å². The first-order chi connectivity index (χ1) is 6.93. The van der Waals surface area contributed by atoms with Gasteiger partial charge in [0.25, 0.3) is 0 Å². The fourth-order valence-electron chi connectivity index (χ4n) is 1.22. The summed E-state index contributed by atoms with van der Waals surface area (Å²) < 4.78 is 0. The molecule has 0 heterocycles. The van der Waals surface area contributed by atoms with Crippen LogP contribution in [0, 0.1) is 0 Å². The number of hydrogen-bond donors (Lipinski definition) is 2. The van der Waals surface area contributed by atoms with Gasteiger partial charge in [-0.05, 0) is 54.4 Å². The molecule has 4 nitrogen and oxygen atoms in total. The van der Waals surface area contributed by atoms with Gasteiger partial charge in [0.15, 0.2) is 0 Å². The Morgan fingerprint density at radius 1 is 1.27 bits per heavy atom. The first-order valence-corrected chi connectivity index (χ1v) is 5.62. The highest BCUT2D eigenvalue weighted by Gasteiger charge is 2.11. The van der Waals surface area contributed by atoms with Crippen molar-refractivity contribution in [3.8, 4) is 0 Å². The number of hydrogen-bond acceptors (Lipinski definition) is 3. The monoisotopic (exact) mass is 215 g/mol. The molecule has 1 atom stereocenters. The molecule has 0 aliphatic carbocycles. The Balaban J connectivity index is 3.55. The molecule has 0 aromatic heterocycles. The van der Waals surface area contributed by atoms with Crippen LogP contribution in [0.5, 0.6) is 0 Å². The molecule has 0 aromatic carbocycles. The third-order valence-corrected chi connectivity index (χ3v) is 2.06. The normalized spacial score (nSPS) is 13.3. The second-order valence-electron chi connectivity index (χ2n) is 4.50. The van der Waals surface area contributed by atoms with Crippen molar-refractivity contribution in [1.82, 2.24) is 15.5 Å². The van der Waals surface area contributed by atoms with E-state index in [1.807, 2.05) is 20.8 Å². The van der Waals surface area contributed by atoms with Gasteiger partial charge in [-0.15, -0.1) is 0 Å². The average Bonchev–Trinajstić information content (AvgIpc) is 2.10. The van der Waals surface area contributed by atoms with Gasteiger partial charge >= 0.3 is 0 Å². The Hall–Kier alpha value is -0.610. The fraction of sp³-hybridized carbons (Fsp3) is 0.909. The summed E-state index contributed by atoms with van der Waals surface area (Å²) in [5.74, 6) is 0.0786. The average molecular weight is 215 g/mol. The van der Waals surface area contributed by atoms with Gasteiger partial charge in [0.2, 0.25) is 5.91 Å². The zero-order chi connectivity index (χ0) is 11.8. The first kappa shape index (κ1) is 14.4. The van der Waals surface area contributed by atoms with Crippen LogP contribution in [0.2, 0.25) is 0 Å². The number of carbonyl (C=O) groups is 1. The van der Waals surface area contributed by atoms with E-state index in [0.29, 0.717) is 0 Å². The van der Waals surface area contributed by atoms with Crippen LogP contribution in [0.15, 0.2) is 0 Å². The van der Waals surface area contributed by atoms with E-state index in [4.69, 9.17) is 0 Å². The minimum Gasteiger partial charge on any atom is -0.353 e. The standard InChI is InChI=1S/C11H25N3O/c1-9(2)13-11(15)10(3)12-7-6-8-14(4)5/h9-10,12H,6-8H2,1-5H3,(H,13,15). The highest BCUT2D eigenvalue weighted by molar-refractivity contribution is 5.81. The summed E-state index contributed by atoms with van der Waals surface area (Å²) in [6.07, 6.45) is 1.06. The van der Waals surface area contributed by atoms with Gasteiger partial charge in [0.1, 0.15) is 0 Å². The third kappa shape index (κ3) is 8.39. The van der Waals surface area contributed by atoms with E-state index in [1.54, 1.807) is 0 Å². The predicted molar refractivity (Wildman–Crippen MR) is 63.9 cm³/mol. The second-order valence-corrected chi connectivity index (χ2v) is 4.50. The lowest BCUT2D eigenvalue weighted by molar-refractivity contribution is -0.123. The Bertz CT molecular complexity index is 181. The Kier molecular flexibility index (Phi) is 7.34. The van der Waals surface area contributed by atoms with Gasteiger partial charge in [-0.25, -0.2) is 0 Å². The topological polar surface area (TPSA) is 44.4 Å². The molecule has 0 aliphatic rings. The van der Waals surface area contributed by atoms with Crippen LogP contribution < -0.4 is 10.6 Å². The Morgan fingerprint density at radius 3 is 2.33 bits per heavy atom. The number of rotatable bonds is 7. The van der Waals surface area contributed by atoms with Crippen LogP contribution >= 0.6 is 0 Å². The molecule has 1 amide bonds. The Morgan fingerprint density at radius 2 is 1.87 bits per heavy atom. The zero-order valence-electron chi connectivity index (χ0n) is 10.6. The van der Waals surface area contributed by atoms with Gasteiger partial charge in [-0.3, -0.25) is 4.79 Å². The number of carbonyl (C=O) groups excluding carboxylic acids is 1. The first-order valence-electron chi connectivity index (χ1n) is 5.62. The summed E-state index contributed by atoms with van der Waals surface area (Å²) in [5.41, 5.74) is 0. The maximum Gasteiger partial charge on any atom is 0.237 e. The quantitative estimate of drug-likeness (QED) is 0.606. The molecule has 0 aromatic rings. The van der Waals surface area contributed by atoms with Crippen molar-refractivity contribution in [1.29, 1.82) is 0 Å². The largest absolute Gasteiger partial charge is 0.353 e. The van der Waals surface area contributed by atoms with E-state index < -0.39 is 0 Å². The molecule has 90 valence electrons. The van der Waals surface area contributed by atoms with Gasteiger partial charge < -0.3 is 15.5 Å². The predicted octanol–water partition coefficient (Wildman–Crippen LogP) is 0.441. The minimum absolute atomic E-state index is 0.0786. The van der Waals surface area contributed by atoms with Crippen LogP contribution in [0.4, 0.5) is 0 Å². The van der Waals surface area contributed by atoms with E-state index in [0.717, 1.165) is 19.5 Å². The van der Waals surface area contributed by atoms with E-state index >= 15 is 0 Å². The van der Waals surface area contributed by atoms with Crippen molar-refractivity contribution >= 4 is 5.91 Å². The van der Waals surface area contributed by atoms with Crippen LogP contribution in [-0.2, 0) is 4.79 Å². The zero-order valence-corrected chi connectivity index (χ0v) is 10.6. The van der Waals surface area contributed by atoms with E-state index in [2.05, 4.69) is 29.6 Å². The number of nitrogens with zero attached hydrogens (tertiary/aromatic N) is 1. The summed E-state index contributed by atoms with van der Waals surface area (Å²) in [4.78, 5) is 13.6. The summed E-state index contributed by atoms with van der Waals surface area (Å²) in [6, 6.07) is 0.109. The SMILES string of the molecule is CC(C)NC(=O)C(C)NCCCN(C)C. The molecule has 0 bridgehead atoms. The lowest BCUT2D eigenvalue weighted by atomic mass is 10.2. The summed E-state index contributed by atoms with van der Waals surface area (Å²) >= 11 is 0. The maximum atomic E-state index is 11.5. The van der Waals surface area contributed by atoms with Crippen molar-refractivity contribution in [3.05, 3.63) is 0 Å². The van der Waals surface area contributed by atoms with Crippen molar-refractivity contribution in [2.24, 2.45) is 0 Å². The van der Waals surface area contributed by atoms with Crippen LogP contribution in [0.3, 0.4) is 0 Å². The summed E-state index contributed by atoms with van der Waals surface area (Å²) in [7, 11) is 4.10. The van der Waals surface area contributed by atoms with Gasteiger partial charge in [-0.1, -0.05) is 0 Å². The second kappa shape index (κ2) is 7.65. The third-order valence-electron chi connectivity index (χ3n) is 2.06. The van der Waals surface area contributed by atoms with E-state index in [1.165, 1.54) is 0 Å². The molecule has 0 fully saturated rings. The molecule has 0 radical (unpaired) electrons. The van der Waals surface area contributed by atoms with Crippen LogP contribution in [-0.4, -0.2) is 50.1 Å². The summed E-state index contributed by atoms with van der Waals surface area (Å²) in [5, 5.41) is 6.08. The molecule has 1 unspecified atom stereocenters. The fourth-order valence-corrected chi connectivity index (χ4v) is 1.22. The molecular formula is C11H25N3O. The van der Waals surface area contributed by atoms with Crippen molar-refractivity contribution < 1.29 is 4.79 Å². The number of amides is 1. The molecule has 15 heavy (non-hydrogen) atoms. The lowest BCUT2D eigenvalue weighted by Gasteiger charge is -2.16. The molecule has 2 N–H and O–H groups in total. The Labute approximate surface area is 93.4 Å². The highest BCUT2D eigenvalue weighted by atomic mass is 16.2. The van der Waals surface area contributed by atoms with E-state index in [-0.39, 0.29) is 18.0 Å². The van der Waals surface area contributed by atoms with Crippen LogP contribution in [0.25, 0.3) is 0 Å². The van der Waals surface area contributed by atoms with Crippen molar-refractivity contribution in [3.63, 3.8) is 0 Å². The smallest absolute Gasteiger partial charge is 0.237 e. The maximum absolute atomic E-state index is 11.5.